The maximum atomic E-state index is 12.9. The van der Waals surface area contributed by atoms with E-state index in [9.17, 15) is 13.2 Å². The maximum absolute atomic E-state index is 12.9. The van der Waals surface area contributed by atoms with Crippen LogP contribution in [0.1, 0.15) is 18.5 Å². The lowest BCUT2D eigenvalue weighted by atomic mass is 10.1. The zero-order chi connectivity index (χ0) is 20.3. The van der Waals surface area contributed by atoms with Crippen LogP contribution in [-0.2, 0) is 10.0 Å². The largest absolute Gasteiger partial charge is 0.331 e. The lowest BCUT2D eigenvalue weighted by molar-refractivity contribution is 0.169. The molecule has 2 aromatic rings. The highest BCUT2D eigenvalue weighted by Gasteiger charge is 2.33. The van der Waals surface area contributed by atoms with Crippen LogP contribution in [0.5, 0.6) is 0 Å². The summed E-state index contributed by atoms with van der Waals surface area (Å²) in [6.45, 7) is 2.84. The molecular formula is C19H21Cl2N3O3S. The first-order valence-electron chi connectivity index (χ1n) is 8.85. The number of urea groups is 1. The maximum Gasteiger partial charge on any atom is 0.317 e. The minimum absolute atomic E-state index is 0.0874. The third-order valence-electron chi connectivity index (χ3n) is 4.68. The molecule has 1 N–H and O–H groups in total. The molecule has 1 heterocycles. The van der Waals surface area contributed by atoms with Crippen molar-refractivity contribution in [2.75, 3.05) is 26.2 Å². The van der Waals surface area contributed by atoms with Gasteiger partial charge in [0, 0.05) is 26.2 Å². The van der Waals surface area contributed by atoms with Gasteiger partial charge in [-0.05, 0) is 24.6 Å². The van der Waals surface area contributed by atoms with Gasteiger partial charge in [-0.25, -0.2) is 13.2 Å². The van der Waals surface area contributed by atoms with E-state index >= 15 is 0 Å². The summed E-state index contributed by atoms with van der Waals surface area (Å²) in [4.78, 5) is 14.0. The Balaban J connectivity index is 1.63. The minimum atomic E-state index is -3.83. The highest BCUT2D eigenvalue weighted by Crippen LogP contribution is 2.31. The monoisotopic (exact) mass is 441 g/mol. The van der Waals surface area contributed by atoms with Crippen LogP contribution >= 0.6 is 23.2 Å². The zero-order valence-corrected chi connectivity index (χ0v) is 17.6. The Hall–Kier alpha value is -1.80. The van der Waals surface area contributed by atoms with Gasteiger partial charge in [0.2, 0.25) is 10.0 Å². The summed E-state index contributed by atoms with van der Waals surface area (Å²) in [6, 6.07) is 13.9. The normalized spacial score (nSPS) is 16.6. The van der Waals surface area contributed by atoms with E-state index in [1.54, 1.807) is 11.0 Å². The molecule has 0 aromatic heterocycles. The van der Waals surface area contributed by atoms with Gasteiger partial charge in [0.1, 0.15) is 4.90 Å². The number of nitrogens with one attached hydrogen (secondary N) is 1. The second kappa shape index (κ2) is 8.69. The molecule has 3 rings (SSSR count). The van der Waals surface area contributed by atoms with E-state index in [1.165, 1.54) is 16.4 Å². The van der Waals surface area contributed by atoms with Crippen LogP contribution in [0.4, 0.5) is 4.79 Å². The molecule has 1 unspecified atom stereocenters. The third kappa shape index (κ3) is 4.43. The van der Waals surface area contributed by atoms with E-state index in [-0.39, 0.29) is 53.2 Å². The minimum Gasteiger partial charge on any atom is -0.331 e. The number of amides is 2. The third-order valence-corrected chi connectivity index (χ3v) is 7.54. The Bertz CT molecular complexity index is 926. The van der Waals surface area contributed by atoms with Crippen LogP contribution < -0.4 is 5.32 Å². The van der Waals surface area contributed by atoms with Crippen molar-refractivity contribution < 1.29 is 13.2 Å². The van der Waals surface area contributed by atoms with Gasteiger partial charge in [0.05, 0.1) is 16.1 Å². The molecule has 1 aliphatic rings. The number of hydrogen-bond acceptors (Lipinski definition) is 3. The van der Waals surface area contributed by atoms with Crippen molar-refractivity contribution in [1.82, 2.24) is 14.5 Å². The van der Waals surface area contributed by atoms with Gasteiger partial charge in [-0.3, -0.25) is 0 Å². The predicted molar refractivity (Wildman–Crippen MR) is 110 cm³/mol. The number of piperazine rings is 1. The first-order chi connectivity index (χ1) is 13.3. The Morgan fingerprint density at radius 2 is 1.54 bits per heavy atom. The number of nitrogens with zero attached hydrogens (tertiary/aromatic N) is 2. The van der Waals surface area contributed by atoms with Crippen molar-refractivity contribution in [2.45, 2.75) is 17.9 Å². The summed E-state index contributed by atoms with van der Waals surface area (Å²) in [5.41, 5.74) is 1.01. The number of rotatable bonds is 4. The average molecular weight is 442 g/mol. The molecule has 6 nitrogen and oxygen atoms in total. The Morgan fingerprint density at radius 3 is 2.11 bits per heavy atom. The molecule has 0 aliphatic carbocycles. The van der Waals surface area contributed by atoms with E-state index in [0.29, 0.717) is 0 Å². The molecule has 9 heteroatoms. The van der Waals surface area contributed by atoms with Crippen LogP contribution in [-0.4, -0.2) is 49.8 Å². The number of carbonyl (C=O) groups is 1. The molecule has 1 aliphatic heterocycles. The lowest BCUT2D eigenvalue weighted by Gasteiger charge is -2.34. The number of benzene rings is 2. The fourth-order valence-corrected chi connectivity index (χ4v) is 5.60. The van der Waals surface area contributed by atoms with Crippen molar-refractivity contribution in [2.24, 2.45) is 0 Å². The van der Waals surface area contributed by atoms with Crippen molar-refractivity contribution >= 4 is 39.3 Å². The highest BCUT2D eigenvalue weighted by molar-refractivity contribution is 7.89. The van der Waals surface area contributed by atoms with E-state index in [1.807, 2.05) is 37.3 Å². The molecule has 2 aromatic carbocycles. The molecule has 0 bridgehead atoms. The first-order valence-corrected chi connectivity index (χ1v) is 11.0. The molecule has 0 radical (unpaired) electrons. The van der Waals surface area contributed by atoms with Crippen molar-refractivity contribution in [3.63, 3.8) is 0 Å². The SMILES string of the molecule is CC(NC(=O)N1CCN(S(=O)(=O)c2c(Cl)cccc2Cl)CC1)c1ccccc1. The topological polar surface area (TPSA) is 69.7 Å². The standard InChI is InChI=1S/C19H21Cl2N3O3S/c1-14(15-6-3-2-4-7-15)22-19(25)23-10-12-24(13-11-23)28(26,27)18-16(20)8-5-9-17(18)21/h2-9,14H,10-13H2,1H3,(H,22,25). The van der Waals surface area contributed by atoms with E-state index < -0.39 is 10.0 Å². The quantitative estimate of drug-likeness (QED) is 0.784. The molecule has 1 atom stereocenters. The lowest BCUT2D eigenvalue weighted by Crippen LogP contribution is -2.53. The Kier molecular flexibility index (Phi) is 6.50. The van der Waals surface area contributed by atoms with Crippen molar-refractivity contribution in [3.05, 3.63) is 64.1 Å². The predicted octanol–water partition coefficient (Wildman–Crippen LogP) is 3.77. The molecule has 150 valence electrons. The smallest absolute Gasteiger partial charge is 0.317 e. The summed E-state index contributed by atoms with van der Waals surface area (Å²) in [5.74, 6) is 0. The van der Waals surface area contributed by atoms with Gasteiger partial charge in [0.25, 0.3) is 0 Å². The molecule has 2 amide bonds. The van der Waals surface area contributed by atoms with Crippen molar-refractivity contribution in [3.8, 4) is 0 Å². The van der Waals surface area contributed by atoms with Crippen LogP contribution in [0.25, 0.3) is 0 Å². The number of halogens is 2. The van der Waals surface area contributed by atoms with Crippen LogP contribution in [0.15, 0.2) is 53.4 Å². The fourth-order valence-electron chi connectivity index (χ4n) is 3.09. The summed E-state index contributed by atoms with van der Waals surface area (Å²) >= 11 is 12.1. The van der Waals surface area contributed by atoms with Gasteiger partial charge in [-0.1, -0.05) is 59.6 Å². The van der Waals surface area contributed by atoms with Gasteiger partial charge in [-0.15, -0.1) is 0 Å². The van der Waals surface area contributed by atoms with E-state index in [2.05, 4.69) is 5.32 Å². The molecule has 28 heavy (non-hydrogen) atoms. The Morgan fingerprint density at radius 1 is 0.964 bits per heavy atom. The van der Waals surface area contributed by atoms with Gasteiger partial charge in [0.15, 0.2) is 0 Å². The molecule has 0 spiro atoms. The van der Waals surface area contributed by atoms with E-state index in [4.69, 9.17) is 23.2 Å². The van der Waals surface area contributed by atoms with Gasteiger partial charge in [-0.2, -0.15) is 4.31 Å². The van der Waals surface area contributed by atoms with Crippen molar-refractivity contribution in [1.29, 1.82) is 0 Å². The highest BCUT2D eigenvalue weighted by atomic mass is 35.5. The number of hydrogen-bond donors (Lipinski definition) is 1. The average Bonchev–Trinajstić information content (AvgIpc) is 2.68. The Labute approximate surface area is 175 Å². The summed E-state index contributed by atoms with van der Waals surface area (Å²) in [6.07, 6.45) is 0. The number of carbonyl (C=O) groups excluding carboxylic acids is 1. The first kappa shape index (κ1) is 20.9. The molecular weight excluding hydrogens is 421 g/mol. The summed E-state index contributed by atoms with van der Waals surface area (Å²) < 4.78 is 27.1. The van der Waals surface area contributed by atoms with E-state index in [0.717, 1.165) is 5.56 Å². The zero-order valence-electron chi connectivity index (χ0n) is 15.3. The number of sulfonamides is 1. The second-order valence-corrected chi connectivity index (χ2v) is 9.21. The summed E-state index contributed by atoms with van der Waals surface area (Å²) in [5, 5.41) is 3.12. The summed E-state index contributed by atoms with van der Waals surface area (Å²) in [7, 11) is -3.83. The molecule has 0 saturated carbocycles. The van der Waals surface area contributed by atoms with Crippen LogP contribution in [0, 0.1) is 0 Å². The van der Waals surface area contributed by atoms with Crippen LogP contribution in [0.2, 0.25) is 10.0 Å². The van der Waals surface area contributed by atoms with Crippen LogP contribution in [0.3, 0.4) is 0 Å². The molecule has 1 fully saturated rings. The molecule has 1 saturated heterocycles. The van der Waals surface area contributed by atoms with Gasteiger partial charge < -0.3 is 10.2 Å². The second-order valence-electron chi connectivity index (χ2n) is 6.52. The fraction of sp³-hybridized carbons (Fsp3) is 0.316. The van der Waals surface area contributed by atoms with Gasteiger partial charge >= 0.3 is 6.03 Å².